The number of likely N-dealkylation sites (tertiary alicyclic amines) is 1. The molecule has 0 N–H and O–H groups in total. The van der Waals surface area contributed by atoms with Crippen LogP contribution in [-0.4, -0.2) is 47.3 Å². The number of carbonyl (C=O) groups excluding carboxylic acids is 2. The van der Waals surface area contributed by atoms with E-state index in [0.29, 0.717) is 17.7 Å². The first kappa shape index (κ1) is 14.0. The Balaban J connectivity index is 1.78. The van der Waals surface area contributed by atoms with E-state index in [9.17, 15) is 9.59 Å². The number of imide groups is 1. The van der Waals surface area contributed by atoms with Crippen LogP contribution in [0.1, 0.15) is 40.0 Å². The Morgan fingerprint density at radius 3 is 2.43 bits per heavy atom. The summed E-state index contributed by atoms with van der Waals surface area (Å²) in [6.07, 6.45) is 5.25. The summed E-state index contributed by atoms with van der Waals surface area (Å²) in [7, 11) is 0. The number of carbonyl (C=O) groups is 2. The summed E-state index contributed by atoms with van der Waals surface area (Å²) in [6.45, 7) is 6.11. The lowest BCUT2D eigenvalue weighted by atomic mass is 10.0. The number of fused-ring (bicyclic) bond motifs is 1. The number of hydrogen-bond acceptors (Lipinski definition) is 3. The largest absolute Gasteiger partial charge is 0.295 e. The second-order valence-corrected chi connectivity index (χ2v) is 5.70. The van der Waals surface area contributed by atoms with Crippen LogP contribution >= 0.6 is 0 Å². The van der Waals surface area contributed by atoms with Crippen LogP contribution in [0.25, 0.3) is 0 Å². The Morgan fingerprint density at radius 2 is 1.81 bits per heavy atom. The van der Waals surface area contributed by atoms with Gasteiger partial charge in [-0.1, -0.05) is 24.6 Å². The third-order valence-corrected chi connectivity index (χ3v) is 4.38. The molecule has 3 rings (SSSR count). The lowest BCUT2D eigenvalue weighted by Crippen LogP contribution is -2.48. The Labute approximate surface area is 125 Å². The third-order valence-electron chi connectivity index (χ3n) is 4.38. The van der Waals surface area contributed by atoms with Crippen molar-refractivity contribution in [3.05, 3.63) is 48.0 Å². The summed E-state index contributed by atoms with van der Waals surface area (Å²) in [5.41, 5.74) is 1.07. The molecular formula is C17H20N2O2. The summed E-state index contributed by atoms with van der Waals surface area (Å²) < 4.78 is 0. The highest BCUT2D eigenvalue weighted by Gasteiger charge is 2.37. The van der Waals surface area contributed by atoms with Crippen molar-refractivity contribution in [1.29, 1.82) is 0 Å². The number of nitrogens with zero attached hydrogens (tertiary/aromatic N) is 2. The van der Waals surface area contributed by atoms with Gasteiger partial charge in [0.2, 0.25) is 0 Å². The van der Waals surface area contributed by atoms with E-state index < -0.39 is 0 Å². The molecular weight excluding hydrogens is 264 g/mol. The van der Waals surface area contributed by atoms with E-state index in [1.54, 1.807) is 24.3 Å². The minimum atomic E-state index is -0.153. The molecule has 1 unspecified atom stereocenters. The van der Waals surface area contributed by atoms with Crippen LogP contribution in [0.4, 0.5) is 0 Å². The zero-order valence-electron chi connectivity index (χ0n) is 12.1. The molecule has 4 heteroatoms. The van der Waals surface area contributed by atoms with Gasteiger partial charge in [-0.05, 0) is 31.5 Å². The van der Waals surface area contributed by atoms with E-state index >= 15 is 0 Å². The predicted octanol–water partition coefficient (Wildman–Crippen LogP) is 2.32. The number of benzene rings is 1. The van der Waals surface area contributed by atoms with Crippen molar-refractivity contribution in [3.8, 4) is 0 Å². The highest BCUT2D eigenvalue weighted by molar-refractivity contribution is 6.21. The number of amides is 2. The van der Waals surface area contributed by atoms with E-state index in [1.807, 2.05) is 6.08 Å². The van der Waals surface area contributed by atoms with Crippen LogP contribution in [0.2, 0.25) is 0 Å². The maximum Gasteiger partial charge on any atom is 0.261 e. The van der Waals surface area contributed by atoms with Gasteiger partial charge in [0.25, 0.3) is 11.8 Å². The average molecular weight is 284 g/mol. The molecule has 0 saturated carbocycles. The normalized spacial score (nSPS) is 22.5. The van der Waals surface area contributed by atoms with E-state index in [-0.39, 0.29) is 17.9 Å². The van der Waals surface area contributed by atoms with Crippen molar-refractivity contribution in [3.63, 3.8) is 0 Å². The summed E-state index contributed by atoms with van der Waals surface area (Å²) in [5, 5.41) is 0. The first-order valence-electron chi connectivity index (χ1n) is 7.52. The topological polar surface area (TPSA) is 40.6 Å². The predicted molar refractivity (Wildman–Crippen MR) is 81.2 cm³/mol. The molecule has 0 aliphatic carbocycles. The minimum absolute atomic E-state index is 0.153. The average Bonchev–Trinajstić information content (AvgIpc) is 2.75. The molecule has 1 saturated heterocycles. The van der Waals surface area contributed by atoms with Gasteiger partial charge in [0, 0.05) is 19.1 Å². The molecule has 0 bridgehead atoms. The molecule has 0 radical (unpaired) electrons. The number of hydrogen-bond donors (Lipinski definition) is 0. The number of rotatable bonds is 4. The SMILES string of the molecule is C=CCN1CCCCC1CN1C(=O)c2ccccc2C1=O. The Hall–Kier alpha value is -1.94. The van der Waals surface area contributed by atoms with Gasteiger partial charge in [-0.3, -0.25) is 19.4 Å². The molecule has 2 amide bonds. The molecule has 0 spiro atoms. The molecule has 2 aliphatic rings. The van der Waals surface area contributed by atoms with E-state index in [0.717, 1.165) is 25.9 Å². The summed E-state index contributed by atoms with van der Waals surface area (Å²) in [4.78, 5) is 28.6. The fourth-order valence-electron chi connectivity index (χ4n) is 3.29. The molecule has 110 valence electrons. The molecule has 1 atom stereocenters. The lowest BCUT2D eigenvalue weighted by molar-refractivity contribution is 0.0564. The second kappa shape index (κ2) is 5.82. The first-order valence-corrected chi connectivity index (χ1v) is 7.52. The highest BCUT2D eigenvalue weighted by Crippen LogP contribution is 2.25. The fraction of sp³-hybridized carbons (Fsp3) is 0.412. The van der Waals surface area contributed by atoms with Crippen LogP contribution in [-0.2, 0) is 0 Å². The van der Waals surface area contributed by atoms with Crippen molar-refractivity contribution in [2.45, 2.75) is 25.3 Å². The van der Waals surface area contributed by atoms with Gasteiger partial charge in [0.05, 0.1) is 11.1 Å². The van der Waals surface area contributed by atoms with Crippen LogP contribution in [0.15, 0.2) is 36.9 Å². The Bertz CT molecular complexity index is 547. The van der Waals surface area contributed by atoms with E-state index in [1.165, 1.54) is 11.3 Å². The van der Waals surface area contributed by atoms with Gasteiger partial charge in [-0.2, -0.15) is 0 Å². The van der Waals surface area contributed by atoms with Gasteiger partial charge in [-0.15, -0.1) is 6.58 Å². The molecule has 21 heavy (non-hydrogen) atoms. The van der Waals surface area contributed by atoms with Crippen LogP contribution in [0.5, 0.6) is 0 Å². The Morgan fingerprint density at radius 1 is 1.14 bits per heavy atom. The fourth-order valence-corrected chi connectivity index (χ4v) is 3.29. The van der Waals surface area contributed by atoms with Gasteiger partial charge in [-0.25, -0.2) is 0 Å². The summed E-state index contributed by atoms with van der Waals surface area (Å²) in [5.74, 6) is -0.306. The molecule has 2 heterocycles. The zero-order chi connectivity index (χ0) is 14.8. The zero-order valence-corrected chi connectivity index (χ0v) is 12.1. The maximum atomic E-state index is 12.4. The first-order chi connectivity index (χ1) is 10.2. The maximum absolute atomic E-state index is 12.4. The number of piperidine rings is 1. The van der Waals surface area contributed by atoms with Gasteiger partial charge < -0.3 is 0 Å². The van der Waals surface area contributed by atoms with Crippen LogP contribution < -0.4 is 0 Å². The summed E-state index contributed by atoms with van der Waals surface area (Å²) >= 11 is 0. The Kier molecular flexibility index (Phi) is 3.88. The lowest BCUT2D eigenvalue weighted by Gasteiger charge is -2.36. The van der Waals surface area contributed by atoms with Crippen molar-refractivity contribution in [2.75, 3.05) is 19.6 Å². The van der Waals surface area contributed by atoms with Gasteiger partial charge in [0.15, 0.2) is 0 Å². The molecule has 1 fully saturated rings. The third kappa shape index (κ3) is 2.51. The molecule has 2 aliphatic heterocycles. The van der Waals surface area contributed by atoms with Crippen molar-refractivity contribution < 1.29 is 9.59 Å². The smallest absolute Gasteiger partial charge is 0.261 e. The molecule has 1 aromatic rings. The summed E-state index contributed by atoms with van der Waals surface area (Å²) in [6, 6.07) is 7.32. The van der Waals surface area contributed by atoms with Crippen LogP contribution in [0, 0.1) is 0 Å². The van der Waals surface area contributed by atoms with E-state index in [4.69, 9.17) is 0 Å². The second-order valence-electron chi connectivity index (χ2n) is 5.70. The standard InChI is InChI=1S/C17H20N2O2/c1-2-10-18-11-6-5-7-13(18)12-19-16(20)14-8-3-4-9-15(14)17(19)21/h2-4,8-9,13H,1,5-7,10-12H2. The minimum Gasteiger partial charge on any atom is -0.295 e. The molecule has 1 aromatic carbocycles. The van der Waals surface area contributed by atoms with Gasteiger partial charge >= 0.3 is 0 Å². The van der Waals surface area contributed by atoms with E-state index in [2.05, 4.69) is 11.5 Å². The van der Waals surface area contributed by atoms with Crippen LogP contribution in [0.3, 0.4) is 0 Å². The van der Waals surface area contributed by atoms with Crippen molar-refractivity contribution in [2.24, 2.45) is 0 Å². The van der Waals surface area contributed by atoms with Crippen molar-refractivity contribution >= 4 is 11.8 Å². The molecule has 4 nitrogen and oxygen atoms in total. The quantitative estimate of drug-likeness (QED) is 0.629. The van der Waals surface area contributed by atoms with Gasteiger partial charge in [0.1, 0.15) is 0 Å². The highest BCUT2D eigenvalue weighted by atomic mass is 16.2. The molecule has 0 aromatic heterocycles. The monoisotopic (exact) mass is 284 g/mol. The van der Waals surface area contributed by atoms with Crippen molar-refractivity contribution in [1.82, 2.24) is 9.80 Å².